The van der Waals surface area contributed by atoms with Gasteiger partial charge in [0.25, 0.3) is 11.8 Å². The second kappa shape index (κ2) is 22.8. The number of thioether (sulfide) groups is 1. The lowest BCUT2D eigenvalue weighted by molar-refractivity contribution is -0.160. The monoisotopic (exact) mass is 1040 g/mol. The molecular weight excluding hydrogens is 995 g/mol. The van der Waals surface area contributed by atoms with Gasteiger partial charge in [-0.2, -0.15) is 0 Å². The normalized spacial score (nSPS) is 16.8. The highest BCUT2D eigenvalue weighted by atomic mass is 32.2. The number of carbonyl (C=O) groups is 4. The van der Waals surface area contributed by atoms with E-state index in [2.05, 4.69) is 25.8 Å². The first-order chi connectivity index (χ1) is 35.9. The van der Waals surface area contributed by atoms with Crippen molar-refractivity contribution in [2.24, 2.45) is 5.16 Å². The number of carbonyl (C=O) groups excluding carboxylic acids is 4. The van der Waals surface area contributed by atoms with E-state index in [4.69, 9.17) is 19.3 Å². The Bertz CT molecular complexity index is 3090. The van der Waals surface area contributed by atoms with Gasteiger partial charge in [0.15, 0.2) is 22.1 Å². The molecule has 0 spiro atoms. The molecule has 9 rings (SSSR count). The van der Waals surface area contributed by atoms with Crippen LogP contribution in [0, 0.1) is 0 Å². The average molecular weight is 1040 g/mol. The number of allylic oxidation sites excluding steroid dienone is 1. The van der Waals surface area contributed by atoms with Crippen LogP contribution in [0.2, 0.25) is 0 Å². The van der Waals surface area contributed by atoms with Crippen LogP contribution in [0.5, 0.6) is 0 Å². The van der Waals surface area contributed by atoms with Crippen molar-refractivity contribution >= 4 is 68.5 Å². The van der Waals surface area contributed by atoms with Crippen molar-refractivity contribution in [3.05, 3.63) is 232 Å². The van der Waals surface area contributed by atoms with Crippen LogP contribution < -0.4 is 10.6 Å². The Hall–Kier alpha value is -8.06. The molecule has 1 saturated heterocycles. The van der Waals surface area contributed by atoms with Gasteiger partial charge in [0.05, 0.1) is 16.6 Å². The van der Waals surface area contributed by atoms with E-state index in [9.17, 15) is 23.4 Å². The van der Waals surface area contributed by atoms with Crippen LogP contribution in [0.25, 0.3) is 0 Å². The summed E-state index contributed by atoms with van der Waals surface area (Å²) in [5.74, 6) is -3.41. The third-order valence-electron chi connectivity index (χ3n) is 11.7. The third kappa shape index (κ3) is 11.4. The molecule has 4 heterocycles. The van der Waals surface area contributed by atoms with Crippen molar-refractivity contribution in [2.45, 2.75) is 54.6 Å². The van der Waals surface area contributed by atoms with E-state index in [0.29, 0.717) is 21.4 Å². The molecule has 2 amide bonds. The Labute approximate surface area is 438 Å². The number of aromatic nitrogens is 3. The summed E-state index contributed by atoms with van der Waals surface area (Å²) in [6, 6.07) is 48.3. The maximum atomic E-state index is 14.7. The van der Waals surface area contributed by atoms with E-state index < -0.39 is 69.8 Å². The first kappa shape index (κ1) is 50.9. The second-order valence-electron chi connectivity index (χ2n) is 17.8. The van der Waals surface area contributed by atoms with Gasteiger partial charge in [-0.15, -0.1) is 11.3 Å². The lowest BCUT2D eigenvalue weighted by atomic mass is 9.77. The zero-order chi connectivity index (χ0) is 51.7. The Balaban J connectivity index is 1.04. The van der Waals surface area contributed by atoms with Crippen molar-refractivity contribution in [2.75, 3.05) is 17.7 Å². The maximum Gasteiger partial charge on any atom is 0.356 e. The van der Waals surface area contributed by atoms with Gasteiger partial charge in [-0.05, 0) is 71.7 Å². The largest absolute Gasteiger partial charge is 0.457 e. The molecule has 15 nitrogen and oxygen atoms in total. The fourth-order valence-corrected chi connectivity index (χ4v) is 11.5. The molecule has 3 unspecified atom stereocenters. The smallest absolute Gasteiger partial charge is 0.356 e. The highest BCUT2D eigenvalue weighted by Gasteiger charge is 2.57. The van der Waals surface area contributed by atoms with Crippen LogP contribution >= 0.6 is 23.1 Å². The topological polar surface area (TPSA) is 191 Å². The van der Waals surface area contributed by atoms with Crippen molar-refractivity contribution in [3.63, 3.8) is 0 Å². The summed E-state index contributed by atoms with van der Waals surface area (Å²) in [6.45, 7) is 4.46. The number of ether oxygens (including phenoxy) is 2. The number of nitrogens with zero attached hydrogens (tertiary/aromatic N) is 5. The molecular formula is C56H49N7O8S3. The summed E-state index contributed by atoms with van der Waals surface area (Å²) in [4.78, 5) is 76.6. The van der Waals surface area contributed by atoms with Crippen LogP contribution in [-0.2, 0) is 49.8 Å². The van der Waals surface area contributed by atoms with Crippen LogP contribution in [0.1, 0.15) is 60.4 Å². The second-order valence-corrected chi connectivity index (χ2v) is 21.1. The molecule has 2 aliphatic heterocycles. The molecule has 7 aromatic rings. The minimum atomic E-state index is -1.86. The number of β-lactam (4-membered cyclic amide) rings is 1. The molecule has 0 aliphatic carbocycles. The van der Waals surface area contributed by atoms with Gasteiger partial charge in [0.2, 0.25) is 6.61 Å². The Morgan fingerprint density at radius 1 is 0.811 bits per heavy atom. The fraction of sp³-hybridized carbons (Fsp3) is 0.179. The highest BCUT2D eigenvalue weighted by molar-refractivity contribution is 8.02. The van der Waals surface area contributed by atoms with Crippen LogP contribution in [-0.4, -0.2) is 82.9 Å². The van der Waals surface area contributed by atoms with E-state index >= 15 is 0 Å². The summed E-state index contributed by atoms with van der Waals surface area (Å²) in [6.07, 6.45) is 3.90. The molecule has 0 saturated carbocycles. The number of hydrogen-bond donors (Lipinski definition) is 2. The molecule has 0 bridgehead atoms. The molecule has 18 heteroatoms. The zero-order valence-corrected chi connectivity index (χ0v) is 42.7. The minimum absolute atomic E-state index is 0.0417. The molecule has 1 fully saturated rings. The van der Waals surface area contributed by atoms with Gasteiger partial charge >= 0.3 is 11.9 Å². The highest BCUT2D eigenvalue weighted by Crippen LogP contribution is 2.42. The van der Waals surface area contributed by atoms with Crippen LogP contribution in [0.15, 0.2) is 209 Å². The lowest BCUT2D eigenvalue weighted by Crippen LogP contribution is -2.74. The number of thiazole rings is 1. The number of rotatable bonds is 18. The van der Waals surface area contributed by atoms with Gasteiger partial charge in [0.1, 0.15) is 33.9 Å². The summed E-state index contributed by atoms with van der Waals surface area (Å²) >= 11 is 2.36. The standard InChI is InChI=1S/C56H49N7O8S3/c1-55(2,3)71-44(64)34-69-62-45(43-35-73-54(59-43)61-56(40-24-13-6-14-25-40,41-26-15-7-16-27-41)42-28-17-8-18-29-42)49(65)60-46-50(66)63-47(39(36-74(68)51(46)63)30-33-72-53-57-31-19-32-58-53)52(67)70-48(37-20-9-4-10-21-37)38-22-11-5-12-23-38/h4-33,35,46,48,51H,34,36H2,1-3H3,(H,59,61)(H,60,65). The number of hydrogen-bond acceptors (Lipinski definition) is 15. The number of fused-ring (bicyclic) bond motifs is 1. The predicted octanol–water partition coefficient (Wildman–Crippen LogP) is 8.71. The van der Waals surface area contributed by atoms with Gasteiger partial charge in [-0.25, -0.2) is 24.5 Å². The summed E-state index contributed by atoms with van der Waals surface area (Å²) in [5.41, 5.74) is 2.08. The van der Waals surface area contributed by atoms with E-state index in [-0.39, 0.29) is 28.4 Å². The molecule has 2 aromatic heterocycles. The van der Waals surface area contributed by atoms with Crippen molar-refractivity contribution in [1.29, 1.82) is 0 Å². The molecule has 3 atom stereocenters. The van der Waals surface area contributed by atoms with Gasteiger partial charge in [-0.3, -0.25) is 18.7 Å². The summed E-state index contributed by atoms with van der Waals surface area (Å²) in [7, 11) is -1.86. The number of nitrogens with one attached hydrogen (secondary N) is 2. The molecule has 2 N–H and O–H groups in total. The molecule has 2 aliphatic rings. The number of esters is 2. The number of anilines is 1. The van der Waals surface area contributed by atoms with Crippen molar-refractivity contribution in [3.8, 4) is 0 Å². The number of amides is 2. The molecule has 0 radical (unpaired) electrons. The van der Waals surface area contributed by atoms with E-state index in [1.54, 1.807) is 56.1 Å². The molecule has 374 valence electrons. The van der Waals surface area contributed by atoms with Crippen molar-refractivity contribution in [1.82, 2.24) is 25.2 Å². The Morgan fingerprint density at radius 2 is 1.35 bits per heavy atom. The van der Waals surface area contributed by atoms with E-state index in [1.807, 2.05) is 152 Å². The van der Waals surface area contributed by atoms with Crippen LogP contribution in [0.4, 0.5) is 5.13 Å². The lowest BCUT2D eigenvalue weighted by Gasteiger charge is -2.49. The van der Waals surface area contributed by atoms with E-state index in [0.717, 1.165) is 21.6 Å². The van der Waals surface area contributed by atoms with Gasteiger partial charge < -0.3 is 24.9 Å². The Morgan fingerprint density at radius 3 is 1.89 bits per heavy atom. The first-order valence-corrected chi connectivity index (χ1v) is 26.5. The quantitative estimate of drug-likeness (QED) is 0.0158. The number of benzene rings is 5. The third-order valence-corrected chi connectivity index (χ3v) is 14.8. The molecule has 5 aromatic carbocycles. The zero-order valence-electron chi connectivity index (χ0n) is 40.3. The average Bonchev–Trinajstić information content (AvgIpc) is 3.88. The van der Waals surface area contributed by atoms with Gasteiger partial charge in [0, 0.05) is 17.8 Å². The Kier molecular flexibility index (Phi) is 15.7. The minimum Gasteiger partial charge on any atom is -0.457 e. The number of oxime groups is 1. The van der Waals surface area contributed by atoms with Crippen molar-refractivity contribution < 1.29 is 37.7 Å². The summed E-state index contributed by atoms with van der Waals surface area (Å²) < 4.78 is 26.0. The SMILES string of the molecule is CC(C)(C)OC(=O)CON=C(C(=O)NC1C(=O)N2C(C(=O)OC(c3ccccc3)c3ccccc3)=C(C=CSc3ncccn3)CS(=O)C12)c1csc(NC(c2ccccc2)(c2ccccc2)c2ccccc2)n1. The fourth-order valence-electron chi connectivity index (χ4n) is 8.51. The van der Waals surface area contributed by atoms with E-state index in [1.165, 1.54) is 23.1 Å². The first-order valence-electron chi connectivity index (χ1n) is 23.4. The predicted molar refractivity (Wildman–Crippen MR) is 284 cm³/mol. The summed E-state index contributed by atoms with van der Waals surface area (Å²) in [5, 5.41) is 13.4. The van der Waals surface area contributed by atoms with Gasteiger partial charge in [-0.1, -0.05) is 169 Å². The maximum absolute atomic E-state index is 14.7. The van der Waals surface area contributed by atoms with Crippen LogP contribution in [0.3, 0.4) is 0 Å². The molecule has 74 heavy (non-hydrogen) atoms.